The van der Waals surface area contributed by atoms with Crippen molar-refractivity contribution in [1.82, 2.24) is 4.98 Å². The van der Waals surface area contributed by atoms with Crippen molar-refractivity contribution in [3.05, 3.63) is 51.9 Å². The second-order valence-corrected chi connectivity index (χ2v) is 4.55. The number of carbonyl (C=O) groups excluding carboxylic acids is 1. The predicted molar refractivity (Wildman–Crippen MR) is 76.4 cm³/mol. The number of hydrazine groups is 1. The number of amides is 1. The maximum absolute atomic E-state index is 13.6. The van der Waals surface area contributed by atoms with Crippen LogP contribution in [0.3, 0.4) is 0 Å². The molecule has 0 saturated carbocycles. The van der Waals surface area contributed by atoms with Gasteiger partial charge in [0.2, 0.25) is 0 Å². The number of rotatable bonds is 3. The third-order valence-electron chi connectivity index (χ3n) is 2.41. The first-order valence-electron chi connectivity index (χ1n) is 5.41. The van der Waals surface area contributed by atoms with Crippen LogP contribution in [-0.2, 0) is 0 Å². The van der Waals surface area contributed by atoms with E-state index in [0.717, 1.165) is 0 Å². The topological polar surface area (TPSA) is 80.0 Å². The van der Waals surface area contributed by atoms with E-state index in [0.29, 0.717) is 0 Å². The van der Waals surface area contributed by atoms with E-state index in [-0.39, 0.29) is 27.2 Å². The van der Waals surface area contributed by atoms with Crippen LogP contribution in [0.1, 0.15) is 10.4 Å². The van der Waals surface area contributed by atoms with Gasteiger partial charge in [0.15, 0.2) is 0 Å². The molecule has 1 aromatic carbocycles. The molecule has 0 radical (unpaired) electrons. The first-order valence-corrected chi connectivity index (χ1v) is 6.16. The summed E-state index contributed by atoms with van der Waals surface area (Å²) in [4.78, 5) is 15.9. The number of hydrogen-bond acceptors (Lipinski definition) is 4. The van der Waals surface area contributed by atoms with E-state index in [2.05, 4.69) is 15.7 Å². The summed E-state index contributed by atoms with van der Waals surface area (Å²) < 4.78 is 13.6. The van der Waals surface area contributed by atoms with E-state index < -0.39 is 11.7 Å². The smallest absolute Gasteiger partial charge is 0.256 e. The molecule has 0 unspecified atom stereocenters. The molecule has 2 aromatic rings. The first kappa shape index (κ1) is 14.5. The van der Waals surface area contributed by atoms with E-state index in [4.69, 9.17) is 29.0 Å². The average molecular weight is 315 g/mol. The van der Waals surface area contributed by atoms with E-state index >= 15 is 0 Å². The van der Waals surface area contributed by atoms with Gasteiger partial charge in [-0.3, -0.25) is 4.79 Å². The van der Waals surface area contributed by atoms with Crippen LogP contribution in [0.2, 0.25) is 10.2 Å². The third-order valence-corrected chi connectivity index (χ3v) is 2.91. The van der Waals surface area contributed by atoms with Crippen LogP contribution in [-0.4, -0.2) is 10.9 Å². The van der Waals surface area contributed by atoms with Gasteiger partial charge in [0.05, 0.1) is 10.7 Å². The number of para-hydroxylation sites is 1. The summed E-state index contributed by atoms with van der Waals surface area (Å²) in [7, 11) is 0. The van der Waals surface area contributed by atoms with Gasteiger partial charge in [-0.2, -0.15) is 0 Å². The van der Waals surface area contributed by atoms with Crippen molar-refractivity contribution in [2.24, 2.45) is 5.84 Å². The Bertz CT molecular complexity index is 646. The van der Waals surface area contributed by atoms with Crippen LogP contribution >= 0.6 is 23.2 Å². The summed E-state index contributed by atoms with van der Waals surface area (Å²) in [6.45, 7) is 0. The quantitative estimate of drug-likeness (QED) is 0.462. The minimum absolute atomic E-state index is 0.0743. The number of nitrogen functional groups attached to an aromatic ring is 1. The fourth-order valence-electron chi connectivity index (χ4n) is 1.50. The molecule has 1 aromatic heterocycles. The lowest BCUT2D eigenvalue weighted by Gasteiger charge is -2.09. The number of anilines is 2. The number of aromatic nitrogens is 1. The van der Waals surface area contributed by atoms with Crippen molar-refractivity contribution >= 4 is 40.6 Å². The Morgan fingerprint density at radius 1 is 1.30 bits per heavy atom. The molecule has 1 heterocycles. The molecule has 0 atom stereocenters. The number of hydrogen-bond donors (Lipinski definition) is 3. The lowest BCUT2D eigenvalue weighted by Crippen LogP contribution is -2.15. The Labute approximate surface area is 123 Å². The molecule has 0 aliphatic rings. The number of nitrogens with one attached hydrogen (secondary N) is 2. The van der Waals surface area contributed by atoms with Crippen molar-refractivity contribution in [2.75, 3.05) is 10.7 Å². The molecule has 0 bridgehead atoms. The van der Waals surface area contributed by atoms with E-state index in [9.17, 15) is 9.18 Å². The number of carbonyl (C=O) groups is 1. The molecule has 20 heavy (non-hydrogen) atoms. The normalized spacial score (nSPS) is 10.2. The molecular weight excluding hydrogens is 306 g/mol. The largest absolute Gasteiger partial charge is 0.318 e. The maximum Gasteiger partial charge on any atom is 0.256 e. The molecule has 0 fully saturated rings. The molecular formula is C12H9Cl2FN4O. The Balaban J connectivity index is 2.31. The van der Waals surface area contributed by atoms with Gasteiger partial charge in [0, 0.05) is 5.56 Å². The first-order chi connectivity index (χ1) is 9.51. The molecule has 1 amide bonds. The van der Waals surface area contributed by atoms with Gasteiger partial charge in [-0.05, 0) is 24.3 Å². The maximum atomic E-state index is 13.6. The predicted octanol–water partition coefficient (Wildman–Crippen LogP) is 3.07. The van der Waals surface area contributed by atoms with Gasteiger partial charge in [0.25, 0.3) is 5.91 Å². The van der Waals surface area contributed by atoms with Crippen LogP contribution in [0.15, 0.2) is 30.3 Å². The van der Waals surface area contributed by atoms with E-state index in [1.807, 2.05) is 0 Å². The highest BCUT2D eigenvalue weighted by Crippen LogP contribution is 2.25. The highest BCUT2D eigenvalue weighted by atomic mass is 35.5. The van der Waals surface area contributed by atoms with Gasteiger partial charge in [-0.25, -0.2) is 15.2 Å². The standard InChI is InChI=1S/C12H9Cl2FN4O/c13-7-2-1-3-8(15)11(7)18-12(20)6-4-9(14)17-10(5-6)19-16/h1-5H,16H2,(H,17,19)(H,18,20). The zero-order valence-corrected chi connectivity index (χ0v) is 11.5. The monoisotopic (exact) mass is 314 g/mol. The zero-order valence-electron chi connectivity index (χ0n) is 9.95. The van der Waals surface area contributed by atoms with Gasteiger partial charge in [-0.15, -0.1) is 0 Å². The second-order valence-electron chi connectivity index (χ2n) is 3.76. The summed E-state index contributed by atoms with van der Waals surface area (Å²) in [5.41, 5.74) is 2.34. The minimum atomic E-state index is -0.636. The Morgan fingerprint density at radius 3 is 2.70 bits per heavy atom. The Hall–Kier alpha value is -1.89. The number of nitrogens with zero attached hydrogens (tertiary/aromatic N) is 1. The van der Waals surface area contributed by atoms with Crippen LogP contribution in [0.25, 0.3) is 0 Å². The fraction of sp³-hybridized carbons (Fsp3) is 0. The van der Waals surface area contributed by atoms with Gasteiger partial charge in [0.1, 0.15) is 16.8 Å². The molecule has 104 valence electrons. The number of nitrogens with two attached hydrogens (primary N) is 1. The van der Waals surface area contributed by atoms with Crippen molar-refractivity contribution in [2.45, 2.75) is 0 Å². The molecule has 0 spiro atoms. The molecule has 4 N–H and O–H groups in total. The highest BCUT2D eigenvalue weighted by Gasteiger charge is 2.14. The van der Waals surface area contributed by atoms with Crippen molar-refractivity contribution < 1.29 is 9.18 Å². The summed E-state index contributed by atoms with van der Waals surface area (Å²) >= 11 is 11.6. The van der Waals surface area contributed by atoms with Gasteiger partial charge in [-0.1, -0.05) is 29.3 Å². The lowest BCUT2D eigenvalue weighted by molar-refractivity contribution is 0.102. The van der Waals surface area contributed by atoms with Crippen LogP contribution in [0.4, 0.5) is 15.9 Å². The zero-order chi connectivity index (χ0) is 14.7. The average Bonchev–Trinajstić information content (AvgIpc) is 2.42. The minimum Gasteiger partial charge on any atom is -0.318 e. The lowest BCUT2D eigenvalue weighted by atomic mass is 10.2. The van der Waals surface area contributed by atoms with Gasteiger partial charge >= 0.3 is 0 Å². The Kier molecular flexibility index (Phi) is 4.39. The molecule has 0 saturated heterocycles. The van der Waals surface area contributed by atoms with Crippen LogP contribution in [0.5, 0.6) is 0 Å². The molecule has 5 nitrogen and oxygen atoms in total. The summed E-state index contributed by atoms with van der Waals surface area (Å²) in [6, 6.07) is 6.79. The number of pyridine rings is 1. The Morgan fingerprint density at radius 2 is 2.05 bits per heavy atom. The van der Waals surface area contributed by atoms with Crippen molar-refractivity contribution in [3.63, 3.8) is 0 Å². The van der Waals surface area contributed by atoms with Crippen molar-refractivity contribution in [3.8, 4) is 0 Å². The highest BCUT2D eigenvalue weighted by molar-refractivity contribution is 6.34. The fourth-order valence-corrected chi connectivity index (χ4v) is 1.92. The molecule has 0 aliphatic heterocycles. The summed E-state index contributed by atoms with van der Waals surface area (Å²) in [5, 5.41) is 2.54. The summed E-state index contributed by atoms with van der Waals surface area (Å²) in [5.74, 6) is 4.19. The van der Waals surface area contributed by atoms with Gasteiger partial charge < -0.3 is 10.7 Å². The van der Waals surface area contributed by atoms with Crippen molar-refractivity contribution in [1.29, 1.82) is 0 Å². The molecule has 2 rings (SSSR count). The van der Waals surface area contributed by atoms with E-state index in [1.165, 1.54) is 30.3 Å². The molecule has 0 aliphatic carbocycles. The second kappa shape index (κ2) is 6.04. The number of halogens is 3. The van der Waals surface area contributed by atoms with Crippen LogP contribution < -0.4 is 16.6 Å². The third kappa shape index (κ3) is 3.16. The molecule has 8 heteroatoms. The number of benzene rings is 1. The van der Waals surface area contributed by atoms with E-state index in [1.54, 1.807) is 0 Å². The van der Waals surface area contributed by atoms with Crippen LogP contribution in [0, 0.1) is 5.82 Å². The SMILES string of the molecule is NNc1cc(C(=O)Nc2c(F)cccc2Cl)cc(Cl)n1. The summed E-state index contributed by atoms with van der Waals surface area (Å²) in [6.07, 6.45) is 0.